The lowest BCUT2D eigenvalue weighted by atomic mass is 10.2. The van der Waals surface area contributed by atoms with Gasteiger partial charge in [0.2, 0.25) is 5.88 Å². The van der Waals surface area contributed by atoms with Gasteiger partial charge in [-0.3, -0.25) is 4.98 Å². The number of rotatable bonds is 4. The molecule has 0 N–H and O–H groups in total. The summed E-state index contributed by atoms with van der Waals surface area (Å²) in [7, 11) is 0. The van der Waals surface area contributed by atoms with Gasteiger partial charge in [-0.15, -0.1) is 5.10 Å². The monoisotopic (exact) mass is 330 g/mol. The van der Waals surface area contributed by atoms with Gasteiger partial charge in [0.15, 0.2) is 5.82 Å². The molecule has 0 amide bonds. The van der Waals surface area contributed by atoms with Crippen molar-refractivity contribution in [2.75, 3.05) is 0 Å². The van der Waals surface area contributed by atoms with Gasteiger partial charge in [-0.05, 0) is 31.2 Å². The van der Waals surface area contributed by atoms with E-state index >= 15 is 0 Å². The highest BCUT2D eigenvalue weighted by molar-refractivity contribution is 5.54. The molecule has 4 aromatic rings. The second-order valence-corrected chi connectivity index (χ2v) is 5.36. The van der Waals surface area contributed by atoms with Crippen molar-refractivity contribution in [3.63, 3.8) is 0 Å². The van der Waals surface area contributed by atoms with Crippen LogP contribution in [0.15, 0.2) is 67.3 Å². The molecule has 0 radical (unpaired) electrons. The molecule has 4 rings (SSSR count). The fourth-order valence-electron chi connectivity index (χ4n) is 2.37. The zero-order chi connectivity index (χ0) is 17.1. The van der Waals surface area contributed by atoms with Crippen LogP contribution in [0.1, 0.15) is 5.69 Å². The Morgan fingerprint density at radius 1 is 1.00 bits per heavy atom. The van der Waals surface area contributed by atoms with Crippen molar-refractivity contribution in [1.29, 1.82) is 0 Å². The first-order chi connectivity index (χ1) is 12.3. The van der Waals surface area contributed by atoms with E-state index in [0.29, 0.717) is 17.5 Å². The second-order valence-electron chi connectivity index (χ2n) is 5.36. The van der Waals surface area contributed by atoms with E-state index in [4.69, 9.17) is 4.74 Å². The Hall–Kier alpha value is -3.61. The molecule has 7 nitrogen and oxygen atoms in total. The zero-order valence-electron chi connectivity index (χ0n) is 13.4. The van der Waals surface area contributed by atoms with Crippen LogP contribution in [-0.4, -0.2) is 29.9 Å². The van der Waals surface area contributed by atoms with Crippen molar-refractivity contribution in [3.8, 4) is 28.7 Å². The SMILES string of the molecule is Cc1cc(Oc2cccc(-n3ccnn3)c2)nc(-c2cccnc2)n1. The standard InChI is InChI=1S/C18H14N6O/c1-13-10-17(22-18(21-13)14-4-3-7-19-12-14)25-16-6-2-5-15(11-16)24-9-8-20-23-24/h2-12H,1H3. The molecule has 0 atom stereocenters. The third kappa shape index (κ3) is 3.35. The van der Waals surface area contributed by atoms with Crippen LogP contribution in [0.5, 0.6) is 11.6 Å². The number of nitrogens with zero attached hydrogens (tertiary/aromatic N) is 6. The highest BCUT2D eigenvalue weighted by Crippen LogP contribution is 2.24. The first-order valence-corrected chi connectivity index (χ1v) is 7.69. The van der Waals surface area contributed by atoms with E-state index in [1.54, 1.807) is 35.5 Å². The minimum absolute atomic E-state index is 0.474. The molecule has 3 heterocycles. The van der Waals surface area contributed by atoms with E-state index in [-0.39, 0.29) is 0 Å². The average molecular weight is 330 g/mol. The summed E-state index contributed by atoms with van der Waals surface area (Å²) in [5.41, 5.74) is 2.51. The molecule has 0 aliphatic carbocycles. The summed E-state index contributed by atoms with van der Waals surface area (Å²) in [4.78, 5) is 13.0. The minimum Gasteiger partial charge on any atom is -0.439 e. The van der Waals surface area contributed by atoms with Crippen LogP contribution in [-0.2, 0) is 0 Å². The largest absolute Gasteiger partial charge is 0.439 e. The molecule has 0 spiro atoms. The Balaban J connectivity index is 1.65. The summed E-state index contributed by atoms with van der Waals surface area (Å²) < 4.78 is 7.59. The number of aryl methyl sites for hydroxylation is 1. The Bertz CT molecular complexity index is 986. The lowest BCUT2D eigenvalue weighted by Crippen LogP contribution is -1.98. The molecular formula is C18H14N6O. The molecule has 7 heteroatoms. The highest BCUT2D eigenvalue weighted by Gasteiger charge is 2.08. The van der Waals surface area contributed by atoms with Crippen LogP contribution in [0.3, 0.4) is 0 Å². The molecule has 0 saturated carbocycles. The number of benzene rings is 1. The van der Waals surface area contributed by atoms with Gasteiger partial charge in [-0.1, -0.05) is 11.3 Å². The lowest BCUT2D eigenvalue weighted by Gasteiger charge is -2.09. The van der Waals surface area contributed by atoms with Gasteiger partial charge >= 0.3 is 0 Å². The summed E-state index contributed by atoms with van der Waals surface area (Å²) in [5, 5.41) is 7.80. The van der Waals surface area contributed by atoms with Crippen LogP contribution >= 0.6 is 0 Å². The van der Waals surface area contributed by atoms with Crippen LogP contribution < -0.4 is 4.74 Å². The number of aromatic nitrogens is 6. The van der Waals surface area contributed by atoms with Crippen molar-refractivity contribution in [3.05, 3.63) is 72.9 Å². The number of hydrogen-bond donors (Lipinski definition) is 0. The van der Waals surface area contributed by atoms with Crippen LogP contribution in [0.2, 0.25) is 0 Å². The van der Waals surface area contributed by atoms with Crippen LogP contribution in [0.4, 0.5) is 0 Å². The molecule has 0 aliphatic heterocycles. The number of hydrogen-bond acceptors (Lipinski definition) is 6. The van der Waals surface area contributed by atoms with Crippen LogP contribution in [0, 0.1) is 6.92 Å². The predicted octanol–water partition coefficient (Wildman–Crippen LogP) is 3.22. The Morgan fingerprint density at radius 3 is 2.76 bits per heavy atom. The highest BCUT2D eigenvalue weighted by atomic mass is 16.5. The molecule has 0 saturated heterocycles. The Morgan fingerprint density at radius 2 is 1.96 bits per heavy atom. The minimum atomic E-state index is 0.474. The van der Waals surface area contributed by atoms with Gasteiger partial charge in [0, 0.05) is 35.8 Å². The molecule has 1 aromatic carbocycles. The normalized spacial score (nSPS) is 10.6. The molecule has 122 valence electrons. The summed E-state index contributed by atoms with van der Waals surface area (Å²) in [5.74, 6) is 1.71. The van der Waals surface area contributed by atoms with Crippen LogP contribution in [0.25, 0.3) is 17.1 Å². The van der Waals surface area contributed by atoms with E-state index in [9.17, 15) is 0 Å². The Kier molecular flexibility index (Phi) is 3.88. The summed E-state index contributed by atoms with van der Waals surface area (Å²) in [6.07, 6.45) is 6.84. The number of ether oxygens (including phenoxy) is 1. The van der Waals surface area contributed by atoms with Crippen molar-refractivity contribution >= 4 is 0 Å². The second kappa shape index (κ2) is 6.48. The maximum absolute atomic E-state index is 5.93. The van der Waals surface area contributed by atoms with Crippen molar-refractivity contribution in [2.24, 2.45) is 0 Å². The van der Waals surface area contributed by atoms with Crippen molar-refractivity contribution in [2.45, 2.75) is 6.92 Å². The molecule has 0 unspecified atom stereocenters. The van der Waals surface area contributed by atoms with Crippen molar-refractivity contribution < 1.29 is 4.74 Å². The number of pyridine rings is 1. The first kappa shape index (κ1) is 14.9. The van der Waals surface area contributed by atoms with Gasteiger partial charge in [0.05, 0.1) is 18.1 Å². The lowest BCUT2D eigenvalue weighted by molar-refractivity contribution is 0.461. The molecule has 3 aromatic heterocycles. The van der Waals surface area contributed by atoms with Gasteiger partial charge in [0.25, 0.3) is 0 Å². The molecule has 25 heavy (non-hydrogen) atoms. The van der Waals surface area contributed by atoms with Gasteiger partial charge in [0.1, 0.15) is 5.75 Å². The van der Waals surface area contributed by atoms with Gasteiger partial charge < -0.3 is 4.74 Å². The smallest absolute Gasteiger partial charge is 0.223 e. The maximum Gasteiger partial charge on any atom is 0.223 e. The van der Waals surface area contributed by atoms with Gasteiger partial charge in [-0.2, -0.15) is 4.98 Å². The van der Waals surface area contributed by atoms with Gasteiger partial charge in [-0.25, -0.2) is 9.67 Å². The Labute approximate surface area is 144 Å². The first-order valence-electron chi connectivity index (χ1n) is 7.69. The third-order valence-corrected chi connectivity index (χ3v) is 3.48. The zero-order valence-corrected chi connectivity index (χ0v) is 13.4. The topological polar surface area (TPSA) is 78.6 Å². The summed E-state index contributed by atoms with van der Waals surface area (Å²) in [6.45, 7) is 1.90. The molecule has 0 bridgehead atoms. The quantitative estimate of drug-likeness (QED) is 0.572. The summed E-state index contributed by atoms with van der Waals surface area (Å²) >= 11 is 0. The van der Waals surface area contributed by atoms with E-state index in [1.807, 2.05) is 43.3 Å². The van der Waals surface area contributed by atoms with E-state index in [0.717, 1.165) is 16.9 Å². The van der Waals surface area contributed by atoms with E-state index in [1.165, 1.54) is 0 Å². The molecule has 0 aliphatic rings. The molecule has 0 fully saturated rings. The van der Waals surface area contributed by atoms with E-state index < -0.39 is 0 Å². The maximum atomic E-state index is 5.93. The van der Waals surface area contributed by atoms with E-state index in [2.05, 4.69) is 25.3 Å². The van der Waals surface area contributed by atoms with Crippen molar-refractivity contribution in [1.82, 2.24) is 29.9 Å². The fourth-order valence-corrected chi connectivity index (χ4v) is 2.37. The average Bonchev–Trinajstić information content (AvgIpc) is 3.17. The molecular weight excluding hydrogens is 316 g/mol. The third-order valence-electron chi connectivity index (χ3n) is 3.48. The fraction of sp³-hybridized carbons (Fsp3) is 0.0556. The predicted molar refractivity (Wildman–Crippen MR) is 91.4 cm³/mol. The summed E-state index contributed by atoms with van der Waals surface area (Å²) in [6, 6.07) is 13.1.